The molecule has 8 heterocycles. The molecule has 0 saturated carbocycles. The highest BCUT2D eigenvalue weighted by Gasteiger charge is 2.55. The standard InChI is InChI=1S/C92H62B3F6N7S2/c1-102-72-47-55(78(53-27-9-5-10-28-53)80-64(98)39-25-40-65(80)99)49-76-83(72)93(60-35-17-21-43-68(60)107(76)70-45-23-19-37-62(70)96)89-85(102)87-91(109-89)95-82-74(104(87)3)51-59(106(57-31-13-7-14-32-57)58-33-15-8-16-34-58)52-75(82)105(4)88-86-90(110-92(88)95)94-61-36-18-22-44-69(61)108(71-46-24-20-38-63(71)97)77-50-56(48-73(84(77)94)103(86)2)79(54-29-11-6-12-30-54)81-66(100)41-26-42-67(81)101/h5-52,78-79H,1-4H3. The number of hydrogen-bond donors (Lipinski definition) is 0. The van der Waals surface area contributed by atoms with E-state index in [1.165, 1.54) is 48.5 Å². The Morgan fingerprint density at radius 2 is 0.555 bits per heavy atom. The number of hydrogen-bond acceptors (Lipinski definition) is 9. The highest BCUT2D eigenvalue weighted by atomic mass is 32.1. The Morgan fingerprint density at radius 1 is 0.264 bits per heavy atom. The summed E-state index contributed by atoms with van der Waals surface area (Å²) in [5.41, 5.74) is 21.2. The van der Waals surface area contributed by atoms with E-state index in [2.05, 4.69) is 162 Å². The average Bonchev–Trinajstić information content (AvgIpc) is 1.47. The second kappa shape index (κ2) is 25.1. The number of rotatable bonds is 11. The van der Waals surface area contributed by atoms with Crippen LogP contribution in [0.2, 0.25) is 0 Å². The normalized spacial score (nSPS) is 14.2. The lowest BCUT2D eigenvalue weighted by Crippen LogP contribution is -2.60. The minimum atomic E-state index is -0.944. The van der Waals surface area contributed by atoms with E-state index in [0.29, 0.717) is 45.0 Å². The summed E-state index contributed by atoms with van der Waals surface area (Å²) in [4.78, 5) is 15.6. The number of fused-ring (bicyclic) bond motifs is 14. The molecule has 528 valence electrons. The zero-order valence-corrected chi connectivity index (χ0v) is 61.4. The van der Waals surface area contributed by atoms with Gasteiger partial charge >= 0.3 is 0 Å². The summed E-state index contributed by atoms with van der Waals surface area (Å²) in [5, 5.41) is 0. The van der Waals surface area contributed by atoms with Crippen molar-refractivity contribution >= 4 is 186 Å². The summed E-state index contributed by atoms with van der Waals surface area (Å²) in [6, 6.07) is 90.9. The largest absolute Gasteiger partial charge is 0.343 e. The van der Waals surface area contributed by atoms with Crippen molar-refractivity contribution in [1.82, 2.24) is 0 Å². The topological polar surface area (TPSA) is 22.7 Å². The summed E-state index contributed by atoms with van der Waals surface area (Å²) in [6.45, 7) is -1.27. The van der Waals surface area contributed by atoms with Crippen LogP contribution in [0.25, 0.3) is 0 Å². The summed E-state index contributed by atoms with van der Waals surface area (Å²) >= 11 is 3.59. The lowest BCUT2D eigenvalue weighted by Gasteiger charge is -2.45. The molecule has 0 saturated heterocycles. The molecule has 0 aliphatic carbocycles. The second-order valence-electron chi connectivity index (χ2n) is 29.1. The van der Waals surface area contributed by atoms with Gasteiger partial charge in [0, 0.05) is 127 Å². The quantitative estimate of drug-likeness (QED) is 0.0722. The van der Waals surface area contributed by atoms with E-state index >= 15 is 26.3 Å². The van der Waals surface area contributed by atoms with E-state index in [9.17, 15) is 0 Å². The molecule has 0 spiro atoms. The van der Waals surface area contributed by atoms with Gasteiger partial charge in [0.15, 0.2) is 0 Å². The Morgan fingerprint density at radius 3 is 0.927 bits per heavy atom. The van der Waals surface area contributed by atoms with Gasteiger partial charge in [0.1, 0.15) is 34.9 Å². The first kappa shape index (κ1) is 65.9. The number of nitrogens with zero attached hydrogens (tertiary/aromatic N) is 7. The third kappa shape index (κ3) is 9.54. The van der Waals surface area contributed by atoms with Gasteiger partial charge in [-0.1, -0.05) is 170 Å². The van der Waals surface area contributed by atoms with Crippen LogP contribution in [-0.4, -0.2) is 48.3 Å². The Balaban J connectivity index is 0.847. The molecule has 6 aliphatic rings. The van der Waals surface area contributed by atoms with Crippen LogP contribution in [-0.2, 0) is 0 Å². The number of benzene rings is 13. The minimum Gasteiger partial charge on any atom is -0.343 e. The first-order chi connectivity index (χ1) is 53.8. The lowest BCUT2D eigenvalue weighted by atomic mass is 9.35. The van der Waals surface area contributed by atoms with Crippen LogP contribution in [0.4, 0.5) is 123 Å². The van der Waals surface area contributed by atoms with Gasteiger partial charge in [-0.05, 0) is 171 Å². The van der Waals surface area contributed by atoms with Crippen LogP contribution in [0, 0.1) is 34.9 Å². The fourth-order valence-electron chi connectivity index (χ4n) is 18.9. The number of thiophene rings is 2. The number of halogens is 6. The number of anilines is 17. The van der Waals surface area contributed by atoms with Gasteiger partial charge in [-0.3, -0.25) is 0 Å². The molecule has 6 aliphatic heterocycles. The predicted molar refractivity (Wildman–Crippen MR) is 446 cm³/mol. The van der Waals surface area contributed by atoms with Gasteiger partial charge in [-0.25, -0.2) is 26.3 Å². The van der Waals surface area contributed by atoms with Gasteiger partial charge in [0.2, 0.25) is 0 Å². The first-order valence-corrected chi connectivity index (χ1v) is 38.4. The van der Waals surface area contributed by atoms with Crippen molar-refractivity contribution in [2.45, 2.75) is 11.8 Å². The monoisotopic (exact) mass is 1480 g/mol. The molecule has 0 bridgehead atoms. The van der Waals surface area contributed by atoms with E-state index in [4.69, 9.17) is 0 Å². The van der Waals surface area contributed by atoms with E-state index in [1.54, 1.807) is 46.9 Å². The molecule has 0 radical (unpaired) electrons. The Hall–Kier alpha value is -12.4. The van der Waals surface area contributed by atoms with E-state index in [1.807, 2.05) is 119 Å². The fraction of sp³-hybridized carbons (Fsp3) is 0.0652. The molecule has 15 aromatic rings. The van der Waals surface area contributed by atoms with Crippen LogP contribution >= 0.6 is 22.7 Å². The Bertz CT molecular complexity index is 5910. The molecule has 0 N–H and O–H groups in total. The molecule has 2 atom stereocenters. The van der Waals surface area contributed by atoms with Crippen molar-refractivity contribution in [2.75, 3.05) is 62.5 Å². The smallest absolute Gasteiger partial charge is 0.277 e. The van der Waals surface area contributed by atoms with Gasteiger partial charge in [0.05, 0.1) is 39.8 Å². The van der Waals surface area contributed by atoms with Gasteiger partial charge in [-0.15, -0.1) is 0 Å². The van der Waals surface area contributed by atoms with Crippen molar-refractivity contribution in [1.29, 1.82) is 0 Å². The van der Waals surface area contributed by atoms with Crippen molar-refractivity contribution in [3.8, 4) is 0 Å². The lowest BCUT2D eigenvalue weighted by molar-refractivity contribution is 0.551. The van der Waals surface area contributed by atoms with Crippen LogP contribution < -0.4 is 80.7 Å². The summed E-state index contributed by atoms with van der Waals surface area (Å²) in [6.07, 6.45) is 0. The molecule has 13 aromatic carbocycles. The van der Waals surface area contributed by atoms with Gasteiger partial charge < -0.3 is 34.3 Å². The van der Waals surface area contributed by atoms with Gasteiger partial charge in [0.25, 0.3) is 20.1 Å². The van der Waals surface area contributed by atoms with Crippen LogP contribution in [0.5, 0.6) is 0 Å². The maximum absolute atomic E-state index is 17.2. The first-order valence-electron chi connectivity index (χ1n) is 36.8. The summed E-state index contributed by atoms with van der Waals surface area (Å²) in [5.74, 6) is -5.48. The molecule has 18 heteroatoms. The van der Waals surface area contributed by atoms with Gasteiger partial charge in [-0.2, -0.15) is 22.7 Å². The molecular weight excluding hydrogens is 1410 g/mol. The molecule has 2 aromatic heterocycles. The van der Waals surface area contributed by atoms with Crippen molar-refractivity contribution in [2.24, 2.45) is 0 Å². The zero-order chi connectivity index (χ0) is 74.2. The van der Waals surface area contributed by atoms with Crippen molar-refractivity contribution in [3.05, 3.63) is 359 Å². The minimum absolute atomic E-state index is 0.0956. The Labute approximate surface area is 641 Å². The second-order valence-corrected chi connectivity index (χ2v) is 31.3. The summed E-state index contributed by atoms with van der Waals surface area (Å²) in [7, 11) is 8.56. The molecule has 110 heavy (non-hydrogen) atoms. The number of para-hydroxylation sites is 6. The van der Waals surface area contributed by atoms with Crippen LogP contribution in [0.1, 0.15) is 45.2 Å². The van der Waals surface area contributed by atoms with Crippen molar-refractivity contribution < 1.29 is 26.3 Å². The predicted octanol–water partition coefficient (Wildman–Crippen LogP) is 17.9. The third-order valence-electron chi connectivity index (χ3n) is 23.4. The highest BCUT2D eigenvalue weighted by molar-refractivity contribution is 7.44. The average molecular weight is 1480 g/mol. The van der Waals surface area contributed by atoms with Crippen LogP contribution in [0.3, 0.4) is 0 Å². The highest BCUT2D eigenvalue weighted by Crippen LogP contribution is 2.55. The molecule has 0 fully saturated rings. The third-order valence-corrected chi connectivity index (χ3v) is 26.0. The van der Waals surface area contributed by atoms with E-state index in [0.717, 1.165) is 120 Å². The molecule has 21 rings (SSSR count). The molecule has 0 amide bonds. The van der Waals surface area contributed by atoms with Crippen molar-refractivity contribution in [3.63, 3.8) is 0 Å². The molecular formula is C92H62B3F6N7S2. The summed E-state index contributed by atoms with van der Waals surface area (Å²) < 4.78 is 107. The SMILES string of the molecule is CN1c2cc(N(c3ccccc3)c3ccccc3)cc3c2B(c2sc4c(c21)N(C)c1cc(C(c2ccccc2)c2c(F)cccc2F)cc2c1B4c1ccccc1N2c1ccccc1F)c1sc2c(c1N3C)N(C)c1cc(C(c3ccccc3)c3c(F)cccc3F)cc3c1B2c1ccccc1N3c1ccccc1F. The molecule has 2 unspecified atom stereocenters. The Kier molecular flexibility index (Phi) is 15.0. The van der Waals surface area contributed by atoms with Crippen LogP contribution in [0.15, 0.2) is 291 Å². The fourth-order valence-corrected chi connectivity index (χ4v) is 22.2. The van der Waals surface area contributed by atoms with E-state index in [-0.39, 0.29) is 11.1 Å². The maximum Gasteiger partial charge on any atom is 0.277 e. The zero-order valence-electron chi connectivity index (χ0n) is 59.8. The maximum atomic E-state index is 17.2. The molecule has 7 nitrogen and oxygen atoms in total. The van der Waals surface area contributed by atoms with E-state index < -0.39 is 66.9 Å².